The fraction of sp³-hybridized carbons (Fsp3) is 0.867. The maximum absolute atomic E-state index is 12.4. The molecular formula is C15H25N3O2. The van der Waals surface area contributed by atoms with Crippen molar-refractivity contribution < 1.29 is 9.59 Å². The zero-order valence-corrected chi connectivity index (χ0v) is 12.1. The molecule has 1 heterocycles. The Morgan fingerprint density at radius 2 is 1.50 bits per heavy atom. The largest absolute Gasteiger partial charge is 0.352 e. The number of carbonyl (C=O) groups excluding carboxylic acids is 2. The summed E-state index contributed by atoms with van der Waals surface area (Å²) in [7, 11) is 0. The first-order valence-corrected chi connectivity index (χ1v) is 8.11. The molecule has 1 atom stereocenters. The molecule has 0 aromatic heterocycles. The van der Waals surface area contributed by atoms with Gasteiger partial charge in [-0.2, -0.15) is 0 Å². The average molecular weight is 279 g/mol. The first-order chi connectivity index (χ1) is 9.74. The normalized spacial score (nSPS) is 27.4. The molecule has 0 bridgehead atoms. The molecular weight excluding hydrogens is 254 g/mol. The van der Waals surface area contributed by atoms with E-state index < -0.39 is 0 Å². The van der Waals surface area contributed by atoms with Gasteiger partial charge in [0.05, 0.1) is 0 Å². The molecule has 5 heteroatoms. The van der Waals surface area contributed by atoms with Crippen LogP contribution in [0.2, 0.25) is 0 Å². The van der Waals surface area contributed by atoms with Crippen LogP contribution in [0.25, 0.3) is 0 Å². The van der Waals surface area contributed by atoms with Gasteiger partial charge in [0.15, 0.2) is 0 Å². The van der Waals surface area contributed by atoms with E-state index in [1.807, 2.05) is 0 Å². The lowest BCUT2D eigenvalue weighted by molar-refractivity contribution is -0.124. The molecule has 3 fully saturated rings. The summed E-state index contributed by atoms with van der Waals surface area (Å²) in [5.74, 6) is 0.0452. The number of carbonyl (C=O) groups is 2. The van der Waals surface area contributed by atoms with E-state index in [2.05, 4.69) is 10.6 Å². The molecule has 1 saturated heterocycles. The number of urea groups is 1. The van der Waals surface area contributed by atoms with Gasteiger partial charge in [0.2, 0.25) is 5.91 Å². The number of amides is 3. The molecule has 2 saturated carbocycles. The van der Waals surface area contributed by atoms with Gasteiger partial charge in [0.25, 0.3) is 0 Å². The Morgan fingerprint density at radius 1 is 0.800 bits per heavy atom. The van der Waals surface area contributed by atoms with Crippen LogP contribution in [0.5, 0.6) is 0 Å². The predicted octanol–water partition coefficient (Wildman–Crippen LogP) is 1.77. The third-order valence-electron chi connectivity index (χ3n) is 4.67. The molecule has 0 aromatic carbocycles. The molecule has 0 spiro atoms. The molecule has 0 radical (unpaired) electrons. The van der Waals surface area contributed by atoms with E-state index in [1.165, 1.54) is 19.3 Å². The molecule has 20 heavy (non-hydrogen) atoms. The summed E-state index contributed by atoms with van der Waals surface area (Å²) in [5.41, 5.74) is 0. The Morgan fingerprint density at radius 3 is 2.20 bits per heavy atom. The molecule has 3 aliphatic rings. The molecule has 1 aliphatic heterocycles. The topological polar surface area (TPSA) is 61.4 Å². The Bertz CT molecular complexity index is 375. The van der Waals surface area contributed by atoms with E-state index >= 15 is 0 Å². The lowest BCUT2D eigenvalue weighted by Gasteiger charge is -2.29. The van der Waals surface area contributed by atoms with E-state index in [1.54, 1.807) is 4.90 Å². The lowest BCUT2D eigenvalue weighted by atomic mass is 9.96. The first-order valence-electron chi connectivity index (χ1n) is 8.11. The Hall–Kier alpha value is -1.26. The van der Waals surface area contributed by atoms with Crippen molar-refractivity contribution >= 4 is 11.9 Å². The van der Waals surface area contributed by atoms with Gasteiger partial charge in [0, 0.05) is 18.6 Å². The molecule has 3 amide bonds. The van der Waals surface area contributed by atoms with E-state index in [0.29, 0.717) is 18.6 Å². The zero-order chi connectivity index (χ0) is 13.9. The standard InChI is InChI=1S/C15H25N3O2/c19-14(16-12-8-9-12)13-7-4-10-18(13)15(20)17-11-5-2-1-3-6-11/h11-13H,1-10H2,(H,16,19)(H,17,20)/t13-/m0/s1. The third kappa shape index (κ3) is 3.25. The molecule has 2 N–H and O–H groups in total. The highest BCUT2D eigenvalue weighted by Gasteiger charge is 2.37. The van der Waals surface area contributed by atoms with Crippen LogP contribution in [0.15, 0.2) is 0 Å². The highest BCUT2D eigenvalue weighted by Crippen LogP contribution is 2.23. The molecule has 5 nitrogen and oxygen atoms in total. The molecule has 0 unspecified atom stereocenters. The van der Waals surface area contributed by atoms with Crippen LogP contribution in [-0.2, 0) is 4.79 Å². The van der Waals surface area contributed by atoms with Crippen molar-refractivity contribution in [3.8, 4) is 0 Å². The summed E-state index contributed by atoms with van der Waals surface area (Å²) in [6, 6.07) is 0.389. The van der Waals surface area contributed by atoms with Crippen molar-refractivity contribution in [2.45, 2.75) is 75.9 Å². The van der Waals surface area contributed by atoms with Gasteiger partial charge in [-0.25, -0.2) is 4.79 Å². The van der Waals surface area contributed by atoms with Crippen LogP contribution in [0, 0.1) is 0 Å². The second kappa shape index (κ2) is 6.02. The van der Waals surface area contributed by atoms with E-state index in [9.17, 15) is 9.59 Å². The number of rotatable bonds is 3. The quantitative estimate of drug-likeness (QED) is 0.827. The average Bonchev–Trinajstić information content (AvgIpc) is 3.12. The van der Waals surface area contributed by atoms with E-state index in [0.717, 1.165) is 38.5 Å². The minimum absolute atomic E-state index is 0.0367. The predicted molar refractivity (Wildman–Crippen MR) is 76.3 cm³/mol. The van der Waals surface area contributed by atoms with Crippen molar-refractivity contribution in [1.82, 2.24) is 15.5 Å². The second-order valence-corrected chi connectivity index (χ2v) is 6.42. The second-order valence-electron chi connectivity index (χ2n) is 6.42. The maximum atomic E-state index is 12.4. The van der Waals surface area contributed by atoms with Gasteiger partial charge in [0.1, 0.15) is 6.04 Å². The highest BCUT2D eigenvalue weighted by atomic mass is 16.2. The maximum Gasteiger partial charge on any atom is 0.318 e. The highest BCUT2D eigenvalue weighted by molar-refractivity contribution is 5.88. The summed E-state index contributed by atoms with van der Waals surface area (Å²) in [6.45, 7) is 0.710. The molecule has 0 aromatic rings. The van der Waals surface area contributed by atoms with Crippen LogP contribution < -0.4 is 10.6 Å². The Kier molecular flexibility index (Phi) is 4.13. The van der Waals surface area contributed by atoms with E-state index in [4.69, 9.17) is 0 Å². The first kappa shape index (κ1) is 13.7. The summed E-state index contributed by atoms with van der Waals surface area (Å²) < 4.78 is 0. The molecule has 112 valence electrons. The fourth-order valence-corrected chi connectivity index (χ4v) is 3.31. The van der Waals surface area contributed by atoms with Gasteiger partial charge in [-0.15, -0.1) is 0 Å². The monoisotopic (exact) mass is 279 g/mol. The molecule has 3 rings (SSSR count). The number of likely N-dealkylation sites (tertiary alicyclic amines) is 1. The van der Waals surface area contributed by atoms with Gasteiger partial charge < -0.3 is 15.5 Å². The van der Waals surface area contributed by atoms with Gasteiger partial charge in [-0.3, -0.25) is 4.79 Å². The van der Waals surface area contributed by atoms with Crippen molar-refractivity contribution in [2.24, 2.45) is 0 Å². The van der Waals surface area contributed by atoms with E-state index in [-0.39, 0.29) is 18.0 Å². The number of nitrogens with one attached hydrogen (secondary N) is 2. The summed E-state index contributed by atoms with van der Waals surface area (Å²) >= 11 is 0. The van der Waals surface area contributed by atoms with Crippen molar-refractivity contribution in [3.63, 3.8) is 0 Å². The Labute approximate surface area is 120 Å². The number of hydrogen-bond acceptors (Lipinski definition) is 2. The van der Waals surface area contributed by atoms with Crippen LogP contribution in [0.4, 0.5) is 4.79 Å². The third-order valence-corrected chi connectivity index (χ3v) is 4.67. The zero-order valence-electron chi connectivity index (χ0n) is 12.1. The lowest BCUT2D eigenvalue weighted by Crippen LogP contribution is -2.52. The van der Waals surface area contributed by atoms with Gasteiger partial charge in [-0.05, 0) is 38.5 Å². The van der Waals surface area contributed by atoms with Gasteiger partial charge >= 0.3 is 6.03 Å². The van der Waals surface area contributed by atoms with Crippen LogP contribution in [0.1, 0.15) is 57.8 Å². The minimum Gasteiger partial charge on any atom is -0.352 e. The molecule has 2 aliphatic carbocycles. The van der Waals surface area contributed by atoms with Crippen molar-refractivity contribution in [1.29, 1.82) is 0 Å². The fourth-order valence-electron chi connectivity index (χ4n) is 3.31. The summed E-state index contributed by atoms with van der Waals surface area (Å²) in [6.07, 6.45) is 9.77. The van der Waals surface area contributed by atoms with Gasteiger partial charge in [-0.1, -0.05) is 19.3 Å². The Balaban J connectivity index is 1.53. The SMILES string of the molecule is O=C(NC1CC1)[C@@H]1CCCN1C(=O)NC1CCCCC1. The van der Waals surface area contributed by atoms with Crippen LogP contribution >= 0.6 is 0 Å². The van der Waals surface area contributed by atoms with Crippen LogP contribution in [-0.4, -0.2) is 41.5 Å². The summed E-state index contributed by atoms with van der Waals surface area (Å²) in [4.78, 5) is 26.3. The smallest absolute Gasteiger partial charge is 0.318 e. The summed E-state index contributed by atoms with van der Waals surface area (Å²) in [5, 5.41) is 6.15. The van der Waals surface area contributed by atoms with Crippen molar-refractivity contribution in [3.05, 3.63) is 0 Å². The number of hydrogen-bond donors (Lipinski definition) is 2. The van der Waals surface area contributed by atoms with Crippen molar-refractivity contribution in [2.75, 3.05) is 6.54 Å². The number of nitrogens with zero attached hydrogens (tertiary/aromatic N) is 1. The minimum atomic E-state index is -0.251. The van der Waals surface area contributed by atoms with Crippen LogP contribution in [0.3, 0.4) is 0 Å².